The molecule has 0 saturated carbocycles. The normalized spacial score (nSPS) is 10.3. The summed E-state index contributed by atoms with van der Waals surface area (Å²) in [6, 6.07) is 3.32. The summed E-state index contributed by atoms with van der Waals surface area (Å²) in [7, 11) is 0. The van der Waals surface area contributed by atoms with E-state index >= 15 is 0 Å². The van der Waals surface area contributed by atoms with Crippen molar-refractivity contribution in [3.05, 3.63) is 22.3 Å². The first-order valence-corrected chi connectivity index (χ1v) is 6.87. The number of aromatic nitrogens is 1. The number of carbonyl (C=O) groups excluding carboxylic acids is 1. The van der Waals surface area contributed by atoms with Crippen LogP contribution < -0.4 is 5.32 Å². The summed E-state index contributed by atoms with van der Waals surface area (Å²) in [6.45, 7) is 9.13. The van der Waals surface area contributed by atoms with Crippen LogP contribution in [0.1, 0.15) is 40.3 Å². The van der Waals surface area contributed by atoms with E-state index in [2.05, 4.69) is 26.2 Å². The maximum atomic E-state index is 11.5. The summed E-state index contributed by atoms with van der Waals surface area (Å²) in [5, 5.41) is 11.5. The number of pyridine rings is 1. The minimum absolute atomic E-state index is 0.204. The number of hydrogen-bond acceptors (Lipinski definition) is 4. The van der Waals surface area contributed by atoms with Gasteiger partial charge in [0.05, 0.1) is 12.3 Å². The van der Waals surface area contributed by atoms with Crippen LogP contribution in [0.5, 0.6) is 0 Å². The van der Waals surface area contributed by atoms with Gasteiger partial charge in [0.25, 0.3) is 0 Å². The van der Waals surface area contributed by atoms with Gasteiger partial charge < -0.3 is 9.84 Å². The van der Waals surface area contributed by atoms with Crippen molar-refractivity contribution in [3.63, 3.8) is 0 Å². The van der Waals surface area contributed by atoms with E-state index in [1.807, 2.05) is 13.8 Å². The Morgan fingerprint density at radius 2 is 2.00 bits per heavy atom. The van der Waals surface area contributed by atoms with Gasteiger partial charge in [0.15, 0.2) is 0 Å². The van der Waals surface area contributed by atoms with E-state index in [-0.39, 0.29) is 6.61 Å². The molecule has 1 rings (SSSR count). The van der Waals surface area contributed by atoms with Crippen LogP contribution in [0.2, 0.25) is 0 Å². The third-order valence-electron chi connectivity index (χ3n) is 1.70. The van der Waals surface area contributed by atoms with Crippen LogP contribution in [0.25, 0.3) is 0 Å². The Morgan fingerprint density at radius 1 is 1.42 bits per heavy atom. The summed E-state index contributed by atoms with van der Waals surface area (Å²) >= 11 is 3.24. The zero-order valence-corrected chi connectivity index (χ0v) is 13.5. The molecule has 1 heterocycles. The lowest BCUT2D eigenvalue weighted by Crippen LogP contribution is -2.27. The molecule has 0 aliphatic rings. The van der Waals surface area contributed by atoms with Gasteiger partial charge in [-0.05, 0) is 48.8 Å². The molecule has 0 saturated heterocycles. The highest BCUT2D eigenvalue weighted by Crippen LogP contribution is 2.18. The number of aliphatic hydroxyl groups is 1. The average molecular weight is 333 g/mol. The molecule has 108 valence electrons. The smallest absolute Gasteiger partial charge is 0.413 e. The minimum Gasteiger partial charge on any atom is -0.444 e. The average Bonchev–Trinajstić information content (AvgIpc) is 2.32. The molecule has 2 N–H and O–H groups in total. The van der Waals surface area contributed by atoms with E-state index in [0.717, 1.165) is 0 Å². The highest BCUT2D eigenvalue weighted by Gasteiger charge is 2.16. The van der Waals surface area contributed by atoms with Gasteiger partial charge in [-0.3, -0.25) is 5.32 Å². The molecule has 0 radical (unpaired) electrons. The topological polar surface area (TPSA) is 71.5 Å². The van der Waals surface area contributed by atoms with Gasteiger partial charge in [0, 0.05) is 4.47 Å². The second-order valence-corrected chi connectivity index (χ2v) is 5.26. The molecule has 0 spiro atoms. The first-order valence-electron chi connectivity index (χ1n) is 6.08. The lowest BCUT2D eigenvalue weighted by molar-refractivity contribution is 0.0635. The summed E-state index contributed by atoms with van der Waals surface area (Å²) < 4.78 is 5.77. The molecule has 6 heteroatoms. The number of aliphatic hydroxyl groups excluding tert-OH is 1. The van der Waals surface area contributed by atoms with Gasteiger partial charge in [-0.2, -0.15) is 0 Å². The van der Waals surface area contributed by atoms with E-state index in [1.54, 1.807) is 32.9 Å². The Kier molecular flexibility index (Phi) is 7.63. The van der Waals surface area contributed by atoms with E-state index in [9.17, 15) is 4.79 Å². The quantitative estimate of drug-likeness (QED) is 0.865. The third kappa shape index (κ3) is 7.12. The number of carbonyl (C=O) groups is 1. The van der Waals surface area contributed by atoms with Gasteiger partial charge in [0.2, 0.25) is 0 Å². The van der Waals surface area contributed by atoms with E-state index in [1.165, 1.54) is 0 Å². The molecule has 0 atom stereocenters. The summed E-state index contributed by atoms with van der Waals surface area (Å²) in [4.78, 5) is 15.5. The molecule has 1 aromatic rings. The molecular formula is C13H21BrN2O3. The Hall–Kier alpha value is -1.14. The van der Waals surface area contributed by atoms with Crippen LogP contribution in [0, 0.1) is 0 Å². The second-order valence-electron chi connectivity index (χ2n) is 4.41. The lowest BCUT2D eigenvalue weighted by atomic mass is 10.2. The van der Waals surface area contributed by atoms with Gasteiger partial charge in [-0.25, -0.2) is 9.78 Å². The Bertz CT molecular complexity index is 417. The van der Waals surface area contributed by atoms with Gasteiger partial charge in [-0.15, -0.1) is 0 Å². The fraction of sp³-hybridized carbons (Fsp3) is 0.538. The maximum Gasteiger partial charge on any atom is 0.413 e. The first kappa shape index (κ1) is 17.9. The SMILES string of the molecule is CC.CC(C)(C)OC(=O)Nc1ccc(Br)c(CO)n1. The summed E-state index contributed by atoms with van der Waals surface area (Å²) in [5.74, 6) is 0.339. The maximum absolute atomic E-state index is 11.5. The second kappa shape index (κ2) is 8.12. The van der Waals surface area contributed by atoms with Crippen molar-refractivity contribution in [2.75, 3.05) is 5.32 Å². The van der Waals surface area contributed by atoms with Crippen LogP contribution in [0.15, 0.2) is 16.6 Å². The van der Waals surface area contributed by atoms with Gasteiger partial charge >= 0.3 is 6.09 Å². The van der Waals surface area contributed by atoms with Crippen LogP contribution in [0.3, 0.4) is 0 Å². The number of nitrogens with zero attached hydrogens (tertiary/aromatic N) is 1. The van der Waals surface area contributed by atoms with Crippen molar-refractivity contribution in [2.45, 2.75) is 46.8 Å². The Labute approximate surface area is 122 Å². The fourth-order valence-corrected chi connectivity index (χ4v) is 1.42. The van der Waals surface area contributed by atoms with Crippen molar-refractivity contribution >= 4 is 27.8 Å². The van der Waals surface area contributed by atoms with Crippen molar-refractivity contribution in [2.24, 2.45) is 0 Å². The monoisotopic (exact) mass is 332 g/mol. The summed E-state index contributed by atoms with van der Waals surface area (Å²) in [6.07, 6.45) is -0.573. The molecular weight excluding hydrogens is 312 g/mol. The van der Waals surface area contributed by atoms with Crippen molar-refractivity contribution in [1.82, 2.24) is 4.98 Å². The number of hydrogen-bond donors (Lipinski definition) is 2. The molecule has 0 aliphatic heterocycles. The number of amides is 1. The van der Waals surface area contributed by atoms with Crippen LogP contribution in [-0.2, 0) is 11.3 Å². The lowest BCUT2D eigenvalue weighted by Gasteiger charge is -2.19. The zero-order valence-electron chi connectivity index (χ0n) is 12.0. The number of halogens is 1. The van der Waals surface area contributed by atoms with E-state index in [4.69, 9.17) is 9.84 Å². The predicted molar refractivity (Wildman–Crippen MR) is 79.1 cm³/mol. The van der Waals surface area contributed by atoms with Crippen molar-refractivity contribution in [3.8, 4) is 0 Å². The number of ether oxygens (including phenoxy) is 1. The van der Waals surface area contributed by atoms with Crippen LogP contribution in [0.4, 0.5) is 10.6 Å². The van der Waals surface area contributed by atoms with E-state index in [0.29, 0.717) is 16.0 Å². The largest absolute Gasteiger partial charge is 0.444 e. The highest BCUT2D eigenvalue weighted by molar-refractivity contribution is 9.10. The number of anilines is 1. The fourth-order valence-electron chi connectivity index (χ4n) is 1.07. The first-order chi connectivity index (χ1) is 8.81. The molecule has 0 aliphatic carbocycles. The van der Waals surface area contributed by atoms with E-state index < -0.39 is 11.7 Å². The minimum atomic E-state index is -0.573. The molecule has 19 heavy (non-hydrogen) atoms. The van der Waals surface area contributed by atoms with Gasteiger partial charge in [-0.1, -0.05) is 13.8 Å². The number of rotatable bonds is 2. The highest BCUT2D eigenvalue weighted by atomic mass is 79.9. The van der Waals surface area contributed by atoms with Crippen LogP contribution in [-0.4, -0.2) is 21.8 Å². The molecule has 0 bridgehead atoms. The third-order valence-corrected chi connectivity index (χ3v) is 2.42. The number of nitrogens with one attached hydrogen (secondary N) is 1. The van der Waals surface area contributed by atoms with Crippen LogP contribution >= 0.6 is 15.9 Å². The van der Waals surface area contributed by atoms with Gasteiger partial charge in [0.1, 0.15) is 11.4 Å². The Morgan fingerprint density at radius 3 is 2.47 bits per heavy atom. The molecule has 5 nitrogen and oxygen atoms in total. The van der Waals surface area contributed by atoms with Crippen molar-refractivity contribution < 1.29 is 14.6 Å². The molecule has 0 fully saturated rings. The molecule has 1 amide bonds. The molecule has 1 aromatic heterocycles. The molecule has 0 aromatic carbocycles. The van der Waals surface area contributed by atoms with Crippen molar-refractivity contribution in [1.29, 1.82) is 0 Å². The summed E-state index contributed by atoms with van der Waals surface area (Å²) in [5.41, 5.74) is -0.0993. The molecule has 0 unspecified atom stereocenters. The Balaban J connectivity index is 0.00000154. The predicted octanol–water partition coefficient (Wildman–Crippen LogP) is 3.71. The zero-order chi connectivity index (χ0) is 15.1. The standard InChI is InChI=1S/C11H15BrN2O3.C2H6/c1-11(2,3)17-10(16)14-9-5-4-7(12)8(6-15)13-9;1-2/h4-5,15H,6H2,1-3H3,(H,13,14,16);1-2H3.